The fourth-order valence-electron chi connectivity index (χ4n) is 3.51. The molecule has 0 aromatic heterocycles. The van der Waals surface area contributed by atoms with Gasteiger partial charge in [0.05, 0.1) is 28.6 Å². The first-order valence-electron chi connectivity index (χ1n) is 9.15. The number of anilines is 1. The van der Waals surface area contributed by atoms with E-state index in [1.807, 2.05) is 10.8 Å². The standard InChI is InChI=1S/C20H21N3O3S2.ClH/c1-21-6-8-22(9-7-21)13-17(25)23-12-16(24)18(20-27-10-11-28-20)19(26)14-4-2-3-5-15(14)23;/h2-5,10-11H,6-9,12-13H2,1H3;1H. The summed E-state index contributed by atoms with van der Waals surface area (Å²) in [5.41, 5.74) is 1.13. The van der Waals surface area contributed by atoms with E-state index in [1.54, 1.807) is 24.3 Å². The van der Waals surface area contributed by atoms with Gasteiger partial charge in [0.15, 0.2) is 11.6 Å². The van der Waals surface area contributed by atoms with E-state index in [1.165, 1.54) is 28.4 Å². The van der Waals surface area contributed by atoms with Crippen molar-refractivity contribution in [3.8, 4) is 0 Å². The number of ketones is 2. The van der Waals surface area contributed by atoms with E-state index < -0.39 is 0 Å². The molecule has 154 valence electrons. The van der Waals surface area contributed by atoms with E-state index in [4.69, 9.17) is 0 Å². The smallest absolute Gasteiger partial charge is 0.241 e. The van der Waals surface area contributed by atoms with E-state index >= 15 is 0 Å². The summed E-state index contributed by atoms with van der Waals surface area (Å²) in [5, 5.41) is 3.72. The van der Waals surface area contributed by atoms with Gasteiger partial charge in [-0.3, -0.25) is 19.3 Å². The number of halogens is 1. The fraction of sp³-hybridized carbons (Fsp3) is 0.350. The molecule has 3 aliphatic rings. The third kappa shape index (κ3) is 4.62. The van der Waals surface area contributed by atoms with E-state index in [0.717, 1.165) is 26.2 Å². The summed E-state index contributed by atoms with van der Waals surface area (Å²) in [7, 11) is 2.07. The van der Waals surface area contributed by atoms with Gasteiger partial charge in [0.25, 0.3) is 0 Å². The number of nitrogens with zero attached hydrogens (tertiary/aromatic N) is 3. The normalized spacial score (nSPS) is 20.5. The quantitative estimate of drug-likeness (QED) is 0.506. The summed E-state index contributed by atoms with van der Waals surface area (Å²) >= 11 is 2.77. The van der Waals surface area contributed by atoms with Crippen LogP contribution in [-0.2, 0) is 9.59 Å². The molecule has 1 fully saturated rings. The summed E-state index contributed by atoms with van der Waals surface area (Å²) in [6, 6.07) is 7.02. The molecule has 1 saturated heterocycles. The Labute approximate surface area is 184 Å². The SMILES string of the molecule is CN1CCN(CC(=O)N2CC(=O)C(=C3SC=CS3)C(=O)c3ccccc32)CC1.Cl. The number of benzene rings is 1. The molecule has 0 N–H and O–H groups in total. The second-order valence-corrected chi connectivity index (χ2v) is 9.09. The number of thioether (sulfide) groups is 2. The minimum atomic E-state index is -0.299. The Balaban J connectivity index is 0.00000240. The highest BCUT2D eigenvalue weighted by Crippen LogP contribution is 2.42. The van der Waals surface area contributed by atoms with Crippen LogP contribution in [0, 0.1) is 0 Å². The van der Waals surface area contributed by atoms with Gasteiger partial charge in [0, 0.05) is 31.7 Å². The van der Waals surface area contributed by atoms with Crippen LogP contribution in [0.4, 0.5) is 5.69 Å². The van der Waals surface area contributed by atoms with Crippen LogP contribution in [0.1, 0.15) is 10.4 Å². The highest BCUT2D eigenvalue weighted by molar-refractivity contribution is 8.27. The molecule has 1 amide bonds. The van der Waals surface area contributed by atoms with Crippen molar-refractivity contribution in [2.75, 3.05) is 51.2 Å². The molecule has 0 radical (unpaired) electrons. The lowest BCUT2D eigenvalue weighted by molar-refractivity contribution is -0.122. The van der Waals surface area contributed by atoms with Crippen molar-refractivity contribution < 1.29 is 14.4 Å². The molecule has 0 bridgehead atoms. The number of para-hydroxylation sites is 1. The van der Waals surface area contributed by atoms with E-state index in [2.05, 4.69) is 16.8 Å². The number of amides is 1. The van der Waals surface area contributed by atoms with E-state index in [-0.39, 0.29) is 48.5 Å². The summed E-state index contributed by atoms with van der Waals surface area (Å²) in [6.07, 6.45) is 0. The third-order valence-corrected chi connectivity index (χ3v) is 7.24. The molecule has 3 aliphatic heterocycles. The van der Waals surface area contributed by atoms with Crippen LogP contribution in [0.15, 0.2) is 44.9 Å². The lowest BCUT2D eigenvalue weighted by Crippen LogP contribution is -2.49. The molecule has 29 heavy (non-hydrogen) atoms. The van der Waals surface area contributed by atoms with Crippen molar-refractivity contribution in [1.82, 2.24) is 9.80 Å². The summed E-state index contributed by atoms with van der Waals surface area (Å²) in [5.74, 6) is -0.741. The predicted octanol–water partition coefficient (Wildman–Crippen LogP) is 2.62. The van der Waals surface area contributed by atoms with Crippen molar-refractivity contribution >= 4 is 59.1 Å². The number of carbonyl (C=O) groups is 3. The maximum Gasteiger partial charge on any atom is 0.241 e. The second kappa shape index (κ2) is 9.49. The van der Waals surface area contributed by atoms with E-state index in [0.29, 0.717) is 15.5 Å². The topological polar surface area (TPSA) is 60.9 Å². The zero-order chi connectivity index (χ0) is 19.7. The van der Waals surface area contributed by atoms with Crippen LogP contribution in [0.25, 0.3) is 0 Å². The number of piperazine rings is 1. The van der Waals surface area contributed by atoms with Gasteiger partial charge in [0.2, 0.25) is 5.91 Å². The molecule has 0 atom stereocenters. The predicted molar refractivity (Wildman–Crippen MR) is 121 cm³/mol. The van der Waals surface area contributed by atoms with Crippen molar-refractivity contribution in [1.29, 1.82) is 0 Å². The first kappa shape index (κ1) is 22.1. The van der Waals surface area contributed by atoms with Crippen LogP contribution in [0.3, 0.4) is 0 Å². The number of likely N-dealkylation sites (N-methyl/N-ethyl adjacent to an activating group) is 1. The van der Waals surface area contributed by atoms with Gasteiger partial charge in [-0.25, -0.2) is 0 Å². The lowest BCUT2D eigenvalue weighted by atomic mass is 10.0. The molecule has 3 heterocycles. The Bertz CT molecular complexity index is 885. The number of Topliss-reactive ketones (excluding diaryl/α,β-unsaturated/α-hetero) is 2. The van der Waals surface area contributed by atoms with Crippen molar-refractivity contribution in [2.45, 2.75) is 0 Å². The van der Waals surface area contributed by atoms with Gasteiger partial charge in [-0.1, -0.05) is 35.7 Å². The Hall–Kier alpha value is -1.58. The molecule has 4 rings (SSSR count). The van der Waals surface area contributed by atoms with Crippen LogP contribution in [-0.4, -0.2) is 73.6 Å². The Kier molecular flexibility index (Phi) is 7.23. The highest BCUT2D eigenvalue weighted by Gasteiger charge is 2.35. The third-order valence-electron chi connectivity index (χ3n) is 5.11. The first-order valence-corrected chi connectivity index (χ1v) is 10.9. The number of hydrogen-bond acceptors (Lipinski definition) is 7. The molecule has 6 nitrogen and oxygen atoms in total. The Morgan fingerprint density at radius 1 is 1.03 bits per heavy atom. The molecule has 0 saturated carbocycles. The highest BCUT2D eigenvalue weighted by atomic mass is 35.5. The molecule has 1 aromatic rings. The number of fused-ring (bicyclic) bond motifs is 1. The Morgan fingerprint density at radius 2 is 1.69 bits per heavy atom. The summed E-state index contributed by atoms with van der Waals surface area (Å²) < 4.78 is 0.693. The van der Waals surface area contributed by atoms with Gasteiger partial charge in [-0.15, -0.1) is 12.4 Å². The minimum absolute atomic E-state index is 0. The molecule has 1 aromatic carbocycles. The summed E-state index contributed by atoms with van der Waals surface area (Å²) in [4.78, 5) is 45.1. The van der Waals surface area contributed by atoms with E-state index in [9.17, 15) is 14.4 Å². The van der Waals surface area contributed by atoms with Crippen LogP contribution >= 0.6 is 35.9 Å². The zero-order valence-corrected chi connectivity index (χ0v) is 18.4. The van der Waals surface area contributed by atoms with Gasteiger partial charge < -0.3 is 9.80 Å². The average molecular weight is 452 g/mol. The molecule has 0 aliphatic carbocycles. The largest absolute Gasteiger partial charge is 0.304 e. The number of carbonyl (C=O) groups excluding carboxylic acids is 3. The average Bonchev–Trinajstić information content (AvgIpc) is 3.18. The van der Waals surface area contributed by atoms with Crippen molar-refractivity contribution in [3.63, 3.8) is 0 Å². The number of rotatable bonds is 2. The minimum Gasteiger partial charge on any atom is -0.304 e. The summed E-state index contributed by atoms with van der Waals surface area (Å²) in [6.45, 7) is 3.62. The lowest BCUT2D eigenvalue weighted by Gasteiger charge is -2.33. The van der Waals surface area contributed by atoms with Gasteiger partial charge in [-0.05, 0) is 30.0 Å². The fourth-order valence-corrected chi connectivity index (χ4v) is 5.40. The van der Waals surface area contributed by atoms with Crippen LogP contribution < -0.4 is 4.90 Å². The second-order valence-electron chi connectivity index (χ2n) is 7.00. The van der Waals surface area contributed by atoms with Crippen molar-refractivity contribution in [2.24, 2.45) is 0 Å². The van der Waals surface area contributed by atoms with Gasteiger partial charge in [0.1, 0.15) is 0 Å². The maximum absolute atomic E-state index is 13.1. The van der Waals surface area contributed by atoms with Crippen molar-refractivity contribution in [3.05, 3.63) is 50.5 Å². The van der Waals surface area contributed by atoms with Crippen LogP contribution in [0.5, 0.6) is 0 Å². The zero-order valence-electron chi connectivity index (χ0n) is 16.0. The molecule has 0 unspecified atom stereocenters. The first-order chi connectivity index (χ1) is 13.5. The molecular formula is C20H22ClN3O3S2. The molecule has 0 spiro atoms. The molecular weight excluding hydrogens is 430 g/mol. The monoisotopic (exact) mass is 451 g/mol. The van der Waals surface area contributed by atoms with Crippen LogP contribution in [0.2, 0.25) is 0 Å². The maximum atomic E-state index is 13.1. The molecule has 9 heteroatoms. The number of hydrogen-bond donors (Lipinski definition) is 0. The Morgan fingerprint density at radius 3 is 2.38 bits per heavy atom. The van der Waals surface area contributed by atoms with Gasteiger partial charge >= 0.3 is 0 Å². The van der Waals surface area contributed by atoms with Gasteiger partial charge in [-0.2, -0.15) is 0 Å².